The zero-order chi connectivity index (χ0) is 20.3. The summed E-state index contributed by atoms with van der Waals surface area (Å²) in [5.41, 5.74) is -0.957. The zero-order valence-electron chi connectivity index (χ0n) is 13.5. The van der Waals surface area contributed by atoms with Crippen LogP contribution in [0.25, 0.3) is 15.6 Å². The fraction of sp³-hybridized carbons (Fsp3) is 0.286. The van der Waals surface area contributed by atoms with Crippen LogP contribution in [0.15, 0.2) is 21.6 Å². The van der Waals surface area contributed by atoms with Gasteiger partial charge in [-0.25, -0.2) is 0 Å². The first kappa shape index (κ1) is 19.5. The van der Waals surface area contributed by atoms with Crippen molar-refractivity contribution in [2.24, 2.45) is 0 Å². The third-order valence-electron chi connectivity index (χ3n) is 4.07. The van der Waals surface area contributed by atoms with Gasteiger partial charge < -0.3 is 0 Å². The molecule has 0 bridgehead atoms. The van der Waals surface area contributed by atoms with Crippen LogP contribution in [0.2, 0.25) is 0 Å². The Morgan fingerprint density at radius 3 is 2.64 bits per heavy atom. The first-order valence-corrected chi connectivity index (χ1v) is 11.6. The van der Waals surface area contributed by atoms with E-state index in [-0.39, 0.29) is 24.8 Å². The second-order valence-corrected chi connectivity index (χ2v) is 10.6. The van der Waals surface area contributed by atoms with E-state index in [9.17, 15) is 21.6 Å². The van der Waals surface area contributed by atoms with Crippen LogP contribution in [0.4, 0.5) is 13.2 Å². The van der Waals surface area contributed by atoms with Gasteiger partial charge in [0.05, 0.1) is 0 Å². The van der Waals surface area contributed by atoms with Gasteiger partial charge in [0, 0.05) is 0 Å². The molecule has 8 nitrogen and oxygen atoms in total. The number of hydrogen-bond donors (Lipinski definition) is 1. The number of alkyl halides is 2. The summed E-state index contributed by atoms with van der Waals surface area (Å²) in [6, 6.07) is 3.82. The maximum atomic E-state index is 14.5. The number of fused-ring (bicyclic) bond motifs is 1. The molecule has 14 heteroatoms. The van der Waals surface area contributed by atoms with E-state index < -0.39 is 47.3 Å². The summed E-state index contributed by atoms with van der Waals surface area (Å²) in [7, 11) is -4.19. The molecule has 0 aliphatic heterocycles. The van der Waals surface area contributed by atoms with Crippen molar-refractivity contribution in [1.29, 1.82) is 5.26 Å². The minimum atomic E-state index is -4.19. The molecule has 1 fully saturated rings. The summed E-state index contributed by atoms with van der Waals surface area (Å²) in [5, 5.41) is 20.2. The zero-order valence-corrected chi connectivity index (χ0v) is 17.6. The Morgan fingerprint density at radius 1 is 1.36 bits per heavy atom. The molecule has 0 amide bonds. The standard InChI is InChI=1S/C14H8BrF3N6O2SSe/c15-10-9(12-20-21-13(28-12)11(17)18)7-3-6(4-8(16)24(7)22-10)27(25,26)23-14(5-19)1-2-14/h3-4,11,23H,1-2H2. The molecule has 4 rings (SSSR count). The van der Waals surface area contributed by atoms with Crippen LogP contribution >= 0.6 is 15.9 Å². The summed E-state index contributed by atoms with van der Waals surface area (Å²) < 4.78 is 68.5. The molecular weight excluding hydrogens is 532 g/mol. The Hall–Kier alpha value is -1.78. The maximum absolute atomic E-state index is 14.5. The first-order chi connectivity index (χ1) is 13.2. The number of sulfonamides is 1. The van der Waals surface area contributed by atoms with Crippen molar-refractivity contribution in [3.63, 3.8) is 0 Å². The molecule has 3 heterocycles. The molecule has 0 spiro atoms. The first-order valence-electron chi connectivity index (χ1n) is 7.61. The van der Waals surface area contributed by atoms with E-state index in [1.807, 2.05) is 6.07 Å². The van der Waals surface area contributed by atoms with Crippen molar-refractivity contribution in [2.45, 2.75) is 29.7 Å². The third kappa shape index (κ3) is 3.27. The topological polar surface area (TPSA) is 113 Å². The molecule has 0 radical (unpaired) electrons. The van der Waals surface area contributed by atoms with Gasteiger partial charge in [-0.1, -0.05) is 0 Å². The van der Waals surface area contributed by atoms with Crippen LogP contribution in [0.1, 0.15) is 23.8 Å². The van der Waals surface area contributed by atoms with Crippen LogP contribution < -0.4 is 4.72 Å². The summed E-state index contributed by atoms with van der Waals surface area (Å²) in [6.45, 7) is 0. The molecule has 0 atom stereocenters. The van der Waals surface area contributed by atoms with E-state index in [4.69, 9.17) is 5.26 Å². The van der Waals surface area contributed by atoms with Crippen molar-refractivity contribution in [1.82, 2.24) is 24.5 Å². The molecule has 3 aromatic heterocycles. The average molecular weight is 540 g/mol. The van der Waals surface area contributed by atoms with Gasteiger partial charge in [0.15, 0.2) is 0 Å². The number of nitriles is 1. The Labute approximate surface area is 170 Å². The van der Waals surface area contributed by atoms with Crippen molar-refractivity contribution >= 4 is 46.0 Å². The number of aromatic nitrogens is 4. The quantitative estimate of drug-likeness (QED) is 0.392. The summed E-state index contributed by atoms with van der Waals surface area (Å²) in [5.74, 6) is -0.979. The Morgan fingerprint density at radius 2 is 2.07 bits per heavy atom. The fourth-order valence-electron chi connectivity index (χ4n) is 2.51. The molecule has 3 aromatic rings. The fourth-order valence-corrected chi connectivity index (χ4v) is 6.34. The van der Waals surface area contributed by atoms with Crippen molar-refractivity contribution in [3.05, 3.63) is 27.3 Å². The number of nitrogens with one attached hydrogen (secondary N) is 1. The molecule has 28 heavy (non-hydrogen) atoms. The normalized spacial score (nSPS) is 15.9. The van der Waals surface area contributed by atoms with E-state index in [0.29, 0.717) is 12.8 Å². The van der Waals surface area contributed by atoms with Gasteiger partial charge in [-0.15, -0.1) is 0 Å². The van der Waals surface area contributed by atoms with Gasteiger partial charge >= 0.3 is 171 Å². The van der Waals surface area contributed by atoms with Gasteiger partial charge in [-0.05, 0) is 0 Å². The number of nitrogens with zero attached hydrogens (tertiary/aromatic N) is 5. The van der Waals surface area contributed by atoms with Crippen molar-refractivity contribution < 1.29 is 21.6 Å². The molecule has 146 valence electrons. The number of rotatable bonds is 5. The van der Waals surface area contributed by atoms with Crippen molar-refractivity contribution in [3.8, 4) is 16.2 Å². The second kappa shape index (κ2) is 6.63. The van der Waals surface area contributed by atoms with Gasteiger partial charge in [0.1, 0.15) is 0 Å². The van der Waals surface area contributed by atoms with E-state index in [1.54, 1.807) is 0 Å². The molecule has 0 saturated heterocycles. The molecule has 1 aliphatic carbocycles. The van der Waals surface area contributed by atoms with Crippen LogP contribution in [0.5, 0.6) is 0 Å². The number of pyridine rings is 1. The summed E-state index contributed by atoms with van der Waals surface area (Å²) in [4.78, 5) is -0.409. The second-order valence-electron chi connectivity index (χ2n) is 6.02. The van der Waals surface area contributed by atoms with Crippen LogP contribution in [-0.4, -0.2) is 48.3 Å². The Balaban J connectivity index is 1.86. The van der Waals surface area contributed by atoms with Gasteiger partial charge in [-0.2, -0.15) is 0 Å². The van der Waals surface area contributed by atoms with E-state index in [0.717, 1.165) is 16.6 Å². The van der Waals surface area contributed by atoms with E-state index in [2.05, 4.69) is 35.9 Å². The SMILES string of the molecule is N#CC1(NS(=O)(=O)c2cc(F)n3nc(Br)c(-c4nnc(C(F)F)[se]4)c3c2)CC1. The van der Waals surface area contributed by atoms with Crippen LogP contribution in [-0.2, 0) is 10.0 Å². The molecular formula is C14H8BrF3N6O2SSe. The molecule has 0 aromatic carbocycles. The number of halogens is 4. The van der Waals surface area contributed by atoms with Crippen molar-refractivity contribution in [2.75, 3.05) is 0 Å². The van der Waals surface area contributed by atoms with Gasteiger partial charge in [-0.3, -0.25) is 0 Å². The Kier molecular flexibility index (Phi) is 4.63. The Bertz CT molecular complexity index is 1250. The number of hydrogen-bond acceptors (Lipinski definition) is 6. The average Bonchev–Trinajstić information content (AvgIpc) is 3.06. The monoisotopic (exact) mass is 540 g/mol. The van der Waals surface area contributed by atoms with Gasteiger partial charge in [0.25, 0.3) is 0 Å². The minimum absolute atomic E-state index is 0.0281. The molecule has 0 unspecified atom stereocenters. The van der Waals surface area contributed by atoms with Crippen LogP contribution in [0, 0.1) is 17.3 Å². The molecule has 1 saturated carbocycles. The summed E-state index contributed by atoms with van der Waals surface area (Å²) >= 11 is 2.23. The third-order valence-corrected chi connectivity index (χ3v) is 8.13. The van der Waals surface area contributed by atoms with Crippen LogP contribution in [0.3, 0.4) is 0 Å². The predicted octanol–water partition coefficient (Wildman–Crippen LogP) is 2.02. The molecule has 1 N–H and O–H groups in total. The van der Waals surface area contributed by atoms with E-state index >= 15 is 0 Å². The molecule has 1 aliphatic rings. The summed E-state index contributed by atoms with van der Waals surface area (Å²) in [6.07, 6.45) is -2.03. The van der Waals surface area contributed by atoms with E-state index in [1.165, 1.54) is 0 Å². The van der Waals surface area contributed by atoms with Gasteiger partial charge in [0.2, 0.25) is 0 Å². The predicted molar refractivity (Wildman–Crippen MR) is 93.7 cm³/mol.